The second-order valence-electron chi connectivity index (χ2n) is 7.12. The van der Waals surface area contributed by atoms with Gasteiger partial charge in [-0.05, 0) is 49.3 Å². The third-order valence-electron chi connectivity index (χ3n) is 4.55. The van der Waals surface area contributed by atoms with Crippen LogP contribution in [-0.2, 0) is 11.2 Å². The maximum Gasteiger partial charge on any atom is 0.223 e. The Labute approximate surface area is 144 Å². The van der Waals surface area contributed by atoms with Crippen LogP contribution in [0.4, 0.5) is 0 Å². The first kappa shape index (κ1) is 18.7. The van der Waals surface area contributed by atoms with E-state index in [2.05, 4.69) is 19.2 Å². The molecule has 1 aliphatic rings. The van der Waals surface area contributed by atoms with Crippen LogP contribution in [0.15, 0.2) is 24.3 Å². The average molecular weight is 334 g/mol. The standard InChI is InChI=1S/C19H30N2O3/c1-13(2)8-10-24-16-5-3-14(4-6-16)7-9-21-19(23)15-11-17(20)18(22)12-15/h3-6,13,15,17-18,22H,7-12,20H2,1-2H3,(H,21,23)/t15-,17+,18+/m0/s1. The van der Waals surface area contributed by atoms with Crippen molar-refractivity contribution in [3.8, 4) is 5.75 Å². The molecule has 24 heavy (non-hydrogen) atoms. The minimum atomic E-state index is -0.552. The van der Waals surface area contributed by atoms with Gasteiger partial charge in [0.25, 0.3) is 0 Å². The zero-order valence-corrected chi connectivity index (χ0v) is 14.7. The van der Waals surface area contributed by atoms with E-state index in [-0.39, 0.29) is 17.9 Å². The zero-order chi connectivity index (χ0) is 17.5. The summed E-state index contributed by atoms with van der Waals surface area (Å²) in [6, 6.07) is 7.75. The SMILES string of the molecule is CC(C)CCOc1ccc(CCNC(=O)[C@H]2C[C@@H](N)[C@H](O)C2)cc1. The van der Waals surface area contributed by atoms with Gasteiger partial charge >= 0.3 is 0 Å². The van der Waals surface area contributed by atoms with Crippen LogP contribution in [0, 0.1) is 11.8 Å². The zero-order valence-electron chi connectivity index (χ0n) is 14.7. The van der Waals surface area contributed by atoms with Crippen molar-refractivity contribution in [3.63, 3.8) is 0 Å². The van der Waals surface area contributed by atoms with Crippen LogP contribution in [0.25, 0.3) is 0 Å². The number of aliphatic hydroxyl groups excluding tert-OH is 1. The number of ether oxygens (including phenoxy) is 1. The summed E-state index contributed by atoms with van der Waals surface area (Å²) in [6.07, 6.45) is 2.31. The molecular weight excluding hydrogens is 304 g/mol. The van der Waals surface area contributed by atoms with E-state index >= 15 is 0 Å². The number of aliphatic hydroxyl groups is 1. The van der Waals surface area contributed by atoms with E-state index in [1.807, 2.05) is 24.3 Å². The maximum atomic E-state index is 12.1. The second kappa shape index (κ2) is 9.04. The molecule has 0 radical (unpaired) electrons. The van der Waals surface area contributed by atoms with Crippen molar-refractivity contribution in [2.24, 2.45) is 17.6 Å². The highest BCUT2D eigenvalue weighted by Crippen LogP contribution is 2.24. The normalized spacial score (nSPS) is 23.5. The summed E-state index contributed by atoms with van der Waals surface area (Å²) in [5, 5.41) is 12.6. The minimum Gasteiger partial charge on any atom is -0.494 e. The number of carbonyl (C=O) groups is 1. The topological polar surface area (TPSA) is 84.6 Å². The van der Waals surface area contributed by atoms with E-state index in [0.29, 0.717) is 25.3 Å². The van der Waals surface area contributed by atoms with Gasteiger partial charge in [0.2, 0.25) is 5.91 Å². The largest absolute Gasteiger partial charge is 0.494 e. The fraction of sp³-hybridized carbons (Fsp3) is 0.632. The predicted molar refractivity (Wildman–Crippen MR) is 94.8 cm³/mol. The van der Waals surface area contributed by atoms with Crippen LogP contribution < -0.4 is 15.8 Å². The number of hydrogen-bond donors (Lipinski definition) is 3. The van der Waals surface area contributed by atoms with Gasteiger partial charge in [0.1, 0.15) is 5.75 Å². The molecule has 0 heterocycles. The maximum absolute atomic E-state index is 12.1. The van der Waals surface area contributed by atoms with Gasteiger partial charge in [-0.3, -0.25) is 4.79 Å². The van der Waals surface area contributed by atoms with Gasteiger partial charge in [-0.2, -0.15) is 0 Å². The van der Waals surface area contributed by atoms with Gasteiger partial charge in [-0.25, -0.2) is 0 Å². The van der Waals surface area contributed by atoms with E-state index in [9.17, 15) is 9.90 Å². The lowest BCUT2D eigenvalue weighted by Crippen LogP contribution is -2.32. The van der Waals surface area contributed by atoms with Crippen molar-refractivity contribution in [2.45, 2.75) is 51.7 Å². The summed E-state index contributed by atoms with van der Waals surface area (Å²) >= 11 is 0. The highest BCUT2D eigenvalue weighted by molar-refractivity contribution is 5.79. The van der Waals surface area contributed by atoms with Gasteiger partial charge < -0.3 is 20.9 Å². The van der Waals surface area contributed by atoms with E-state index in [1.165, 1.54) is 0 Å². The van der Waals surface area contributed by atoms with E-state index in [1.54, 1.807) is 0 Å². The highest BCUT2D eigenvalue weighted by atomic mass is 16.5. The molecule has 1 aliphatic carbocycles. The quantitative estimate of drug-likeness (QED) is 0.677. The lowest BCUT2D eigenvalue weighted by atomic mass is 10.1. The van der Waals surface area contributed by atoms with Crippen molar-refractivity contribution in [1.29, 1.82) is 0 Å². The third kappa shape index (κ3) is 5.80. The van der Waals surface area contributed by atoms with Gasteiger partial charge in [0, 0.05) is 18.5 Å². The molecular formula is C19H30N2O3. The number of carbonyl (C=O) groups excluding carboxylic acids is 1. The number of benzene rings is 1. The number of nitrogens with one attached hydrogen (secondary N) is 1. The molecule has 1 aromatic rings. The Kier molecular flexibility index (Phi) is 7.06. The Bertz CT molecular complexity index is 506. The van der Waals surface area contributed by atoms with Crippen LogP contribution in [0.1, 0.15) is 38.7 Å². The molecule has 1 fully saturated rings. The first-order valence-corrected chi connectivity index (χ1v) is 8.88. The van der Waals surface area contributed by atoms with Crippen LogP contribution in [0.2, 0.25) is 0 Å². The van der Waals surface area contributed by atoms with Crippen molar-refractivity contribution >= 4 is 5.91 Å². The number of amides is 1. The van der Waals surface area contributed by atoms with Gasteiger partial charge in [0.05, 0.1) is 12.7 Å². The van der Waals surface area contributed by atoms with Crippen LogP contribution in [0.5, 0.6) is 5.75 Å². The van der Waals surface area contributed by atoms with Crippen molar-refractivity contribution in [3.05, 3.63) is 29.8 Å². The van der Waals surface area contributed by atoms with E-state index in [4.69, 9.17) is 10.5 Å². The predicted octanol–water partition coefficient (Wildman–Crippen LogP) is 1.87. The van der Waals surface area contributed by atoms with Crippen molar-refractivity contribution in [2.75, 3.05) is 13.2 Å². The van der Waals surface area contributed by atoms with Crippen LogP contribution >= 0.6 is 0 Å². The summed E-state index contributed by atoms with van der Waals surface area (Å²) < 4.78 is 5.70. The highest BCUT2D eigenvalue weighted by Gasteiger charge is 2.34. The fourth-order valence-electron chi connectivity index (χ4n) is 2.90. The molecule has 3 atom stereocenters. The second-order valence-corrected chi connectivity index (χ2v) is 7.12. The van der Waals surface area contributed by atoms with Gasteiger partial charge in [0.15, 0.2) is 0 Å². The molecule has 2 rings (SSSR count). The molecule has 1 saturated carbocycles. The molecule has 5 heteroatoms. The average Bonchev–Trinajstić information content (AvgIpc) is 2.88. The lowest BCUT2D eigenvalue weighted by molar-refractivity contribution is -0.125. The number of hydrogen-bond acceptors (Lipinski definition) is 4. The summed E-state index contributed by atoms with van der Waals surface area (Å²) in [4.78, 5) is 12.1. The molecule has 0 bridgehead atoms. The molecule has 5 nitrogen and oxygen atoms in total. The van der Waals surface area contributed by atoms with Gasteiger partial charge in [-0.1, -0.05) is 26.0 Å². The Hall–Kier alpha value is -1.59. The Morgan fingerprint density at radius 1 is 1.33 bits per heavy atom. The number of rotatable bonds is 8. The Morgan fingerprint density at radius 3 is 2.62 bits per heavy atom. The monoisotopic (exact) mass is 334 g/mol. The van der Waals surface area contributed by atoms with Crippen molar-refractivity contribution < 1.29 is 14.6 Å². The third-order valence-corrected chi connectivity index (χ3v) is 4.55. The summed E-state index contributed by atoms with van der Waals surface area (Å²) in [5.74, 6) is 1.36. The molecule has 0 spiro atoms. The van der Waals surface area contributed by atoms with E-state index < -0.39 is 6.10 Å². The first-order valence-electron chi connectivity index (χ1n) is 8.88. The molecule has 4 N–H and O–H groups in total. The summed E-state index contributed by atoms with van der Waals surface area (Å²) in [7, 11) is 0. The molecule has 0 aromatic heterocycles. The summed E-state index contributed by atoms with van der Waals surface area (Å²) in [6.45, 7) is 5.69. The Balaban J connectivity index is 1.68. The molecule has 1 amide bonds. The lowest BCUT2D eigenvalue weighted by Gasteiger charge is -2.11. The Morgan fingerprint density at radius 2 is 2.04 bits per heavy atom. The smallest absolute Gasteiger partial charge is 0.223 e. The molecule has 134 valence electrons. The molecule has 0 saturated heterocycles. The molecule has 1 aromatic carbocycles. The van der Waals surface area contributed by atoms with Gasteiger partial charge in [-0.15, -0.1) is 0 Å². The fourth-order valence-corrected chi connectivity index (χ4v) is 2.90. The minimum absolute atomic E-state index is 0.00404. The molecule has 0 unspecified atom stereocenters. The summed E-state index contributed by atoms with van der Waals surface area (Å²) in [5.41, 5.74) is 6.91. The van der Waals surface area contributed by atoms with Crippen LogP contribution in [0.3, 0.4) is 0 Å². The van der Waals surface area contributed by atoms with Crippen molar-refractivity contribution in [1.82, 2.24) is 5.32 Å². The number of nitrogens with two attached hydrogens (primary N) is 1. The first-order chi connectivity index (χ1) is 11.5. The van der Waals surface area contributed by atoms with E-state index in [0.717, 1.165) is 30.8 Å². The van der Waals surface area contributed by atoms with Crippen LogP contribution in [-0.4, -0.2) is 36.3 Å². The molecule has 0 aliphatic heterocycles.